The fraction of sp³-hybridized carbons (Fsp3) is 0.0800. The number of amides is 3. The van der Waals surface area contributed by atoms with Crippen LogP contribution < -0.4 is 20.8 Å². The van der Waals surface area contributed by atoms with Gasteiger partial charge in [0.2, 0.25) is 0 Å². The third-order valence-electron chi connectivity index (χ3n) is 5.18. The zero-order valence-electron chi connectivity index (χ0n) is 18.7. The smallest absolute Gasteiger partial charge is 0.328 e. The van der Waals surface area contributed by atoms with E-state index in [4.69, 9.17) is 16.3 Å². The normalized spacial score (nSPS) is 10.6. The summed E-state index contributed by atoms with van der Waals surface area (Å²) in [7, 11) is 1.50. The summed E-state index contributed by atoms with van der Waals surface area (Å²) < 4.78 is 7.28. The maximum atomic E-state index is 13.2. The zero-order chi connectivity index (χ0) is 25.1. The Labute approximate surface area is 214 Å². The molecule has 4 rings (SSSR count). The fourth-order valence-corrected chi connectivity index (χ4v) is 4.12. The van der Waals surface area contributed by atoms with Crippen LogP contribution in [0.25, 0.3) is 10.9 Å². The van der Waals surface area contributed by atoms with Gasteiger partial charge in [0.1, 0.15) is 11.4 Å². The van der Waals surface area contributed by atoms with Crippen LogP contribution in [0.15, 0.2) is 71.2 Å². The molecule has 0 spiro atoms. The summed E-state index contributed by atoms with van der Waals surface area (Å²) in [6.45, 7) is 1.86. The topological polar surface area (TPSA) is 101 Å². The number of aryl methyl sites for hydroxylation is 1. The molecule has 0 atom stereocenters. The van der Waals surface area contributed by atoms with Gasteiger partial charge in [-0.15, -0.1) is 0 Å². The van der Waals surface area contributed by atoms with Gasteiger partial charge >= 0.3 is 11.8 Å². The summed E-state index contributed by atoms with van der Waals surface area (Å²) >= 11 is 9.52. The summed E-state index contributed by atoms with van der Waals surface area (Å²) in [6, 6.07) is 18.6. The van der Waals surface area contributed by atoms with Gasteiger partial charge in [-0.25, -0.2) is 4.68 Å². The predicted molar refractivity (Wildman–Crippen MR) is 140 cm³/mol. The van der Waals surface area contributed by atoms with Crippen molar-refractivity contribution in [2.24, 2.45) is 0 Å². The van der Waals surface area contributed by atoms with E-state index in [9.17, 15) is 14.4 Å². The summed E-state index contributed by atoms with van der Waals surface area (Å²) in [4.78, 5) is 38.5. The van der Waals surface area contributed by atoms with Crippen LogP contribution in [0.4, 0.5) is 11.4 Å². The molecule has 0 aliphatic heterocycles. The Morgan fingerprint density at radius 2 is 1.74 bits per heavy atom. The standard InChI is InChI=1S/C25H20BrClN4O4/c1-14-10-16(26)6-8-20(14)29-23(32)22-12-15-11-17(27)7-9-21(15)31(22)30-25(34)24(33)28-18-4-3-5-19(13-18)35-2/h3-13H,1-2H3,(H,28,33)(H,29,32)(H,30,34). The number of nitrogens with zero attached hydrogens (tertiary/aromatic N) is 1. The van der Waals surface area contributed by atoms with Gasteiger partial charge in [0.15, 0.2) is 0 Å². The van der Waals surface area contributed by atoms with Gasteiger partial charge in [0.25, 0.3) is 5.91 Å². The van der Waals surface area contributed by atoms with E-state index in [0.717, 1.165) is 10.0 Å². The Balaban J connectivity index is 1.62. The second kappa shape index (κ2) is 10.2. The van der Waals surface area contributed by atoms with Crippen molar-refractivity contribution in [3.63, 3.8) is 0 Å². The first kappa shape index (κ1) is 24.3. The Kier molecular flexibility index (Phi) is 7.09. The number of hydrogen-bond donors (Lipinski definition) is 3. The highest BCUT2D eigenvalue weighted by Crippen LogP contribution is 2.25. The summed E-state index contributed by atoms with van der Waals surface area (Å²) in [5.74, 6) is -1.83. The van der Waals surface area contributed by atoms with E-state index >= 15 is 0 Å². The van der Waals surface area contributed by atoms with Crippen LogP contribution in [0.2, 0.25) is 5.02 Å². The molecule has 35 heavy (non-hydrogen) atoms. The first-order chi connectivity index (χ1) is 16.7. The molecule has 4 aromatic rings. The van der Waals surface area contributed by atoms with E-state index in [1.807, 2.05) is 19.1 Å². The van der Waals surface area contributed by atoms with Crippen LogP contribution in [-0.2, 0) is 9.59 Å². The van der Waals surface area contributed by atoms with Crippen molar-refractivity contribution in [1.82, 2.24) is 4.68 Å². The quantitative estimate of drug-likeness (QED) is 0.290. The Hall–Kier alpha value is -3.82. The molecule has 0 bridgehead atoms. The maximum absolute atomic E-state index is 13.2. The molecule has 0 saturated carbocycles. The molecule has 10 heteroatoms. The number of nitrogens with one attached hydrogen (secondary N) is 3. The first-order valence-corrected chi connectivity index (χ1v) is 11.6. The number of methoxy groups -OCH3 is 1. The minimum atomic E-state index is -0.964. The molecular formula is C25H20BrClN4O4. The number of carbonyl (C=O) groups is 3. The molecule has 1 heterocycles. The van der Waals surface area contributed by atoms with E-state index in [2.05, 4.69) is 32.0 Å². The van der Waals surface area contributed by atoms with Crippen LogP contribution >= 0.6 is 27.5 Å². The number of aromatic nitrogens is 1. The van der Waals surface area contributed by atoms with Gasteiger partial charge in [0.05, 0.1) is 12.6 Å². The van der Waals surface area contributed by atoms with Gasteiger partial charge in [0, 0.05) is 32.3 Å². The van der Waals surface area contributed by atoms with Crippen molar-refractivity contribution >= 4 is 67.5 Å². The van der Waals surface area contributed by atoms with Crippen LogP contribution in [0.3, 0.4) is 0 Å². The number of rotatable bonds is 5. The Morgan fingerprint density at radius 1 is 0.943 bits per heavy atom. The van der Waals surface area contributed by atoms with Gasteiger partial charge in [-0.05, 0) is 67.1 Å². The van der Waals surface area contributed by atoms with Crippen molar-refractivity contribution in [1.29, 1.82) is 0 Å². The van der Waals surface area contributed by atoms with E-state index in [1.54, 1.807) is 54.6 Å². The number of benzene rings is 3. The molecular weight excluding hydrogens is 536 g/mol. The molecule has 3 aromatic carbocycles. The van der Waals surface area contributed by atoms with Crippen LogP contribution in [0.5, 0.6) is 5.75 Å². The molecule has 0 aliphatic rings. The largest absolute Gasteiger partial charge is 0.497 e. The highest BCUT2D eigenvalue weighted by molar-refractivity contribution is 9.10. The molecule has 0 radical (unpaired) electrons. The van der Waals surface area contributed by atoms with E-state index < -0.39 is 17.7 Å². The number of anilines is 2. The van der Waals surface area contributed by atoms with Crippen molar-refractivity contribution in [3.05, 3.63) is 87.5 Å². The third-order valence-corrected chi connectivity index (χ3v) is 5.91. The number of fused-ring (bicyclic) bond motifs is 1. The van der Waals surface area contributed by atoms with Gasteiger partial charge < -0.3 is 15.4 Å². The number of hydrogen-bond acceptors (Lipinski definition) is 4. The van der Waals surface area contributed by atoms with Crippen LogP contribution in [-0.4, -0.2) is 29.5 Å². The van der Waals surface area contributed by atoms with E-state index in [0.29, 0.717) is 33.0 Å². The average Bonchev–Trinajstić information content (AvgIpc) is 3.18. The molecule has 8 nitrogen and oxygen atoms in total. The second-order valence-electron chi connectivity index (χ2n) is 7.61. The van der Waals surface area contributed by atoms with Gasteiger partial charge in [-0.1, -0.05) is 33.6 Å². The Morgan fingerprint density at radius 3 is 2.49 bits per heavy atom. The second-order valence-corrected chi connectivity index (χ2v) is 8.96. The third kappa shape index (κ3) is 5.47. The lowest BCUT2D eigenvalue weighted by Crippen LogP contribution is -2.36. The molecule has 0 fully saturated rings. The molecule has 0 unspecified atom stereocenters. The Bertz CT molecular complexity index is 1470. The minimum absolute atomic E-state index is 0.118. The molecule has 3 amide bonds. The fourth-order valence-electron chi connectivity index (χ4n) is 3.47. The summed E-state index contributed by atoms with van der Waals surface area (Å²) in [5, 5.41) is 6.44. The van der Waals surface area contributed by atoms with E-state index in [-0.39, 0.29) is 5.69 Å². The average molecular weight is 556 g/mol. The molecule has 0 saturated heterocycles. The monoisotopic (exact) mass is 554 g/mol. The van der Waals surface area contributed by atoms with Gasteiger partial charge in [-0.3, -0.25) is 19.8 Å². The van der Waals surface area contributed by atoms with Crippen molar-refractivity contribution in [3.8, 4) is 5.75 Å². The van der Waals surface area contributed by atoms with Crippen LogP contribution in [0, 0.1) is 6.92 Å². The van der Waals surface area contributed by atoms with Crippen molar-refractivity contribution in [2.75, 3.05) is 23.2 Å². The molecule has 0 aliphatic carbocycles. The number of halogens is 2. The maximum Gasteiger partial charge on any atom is 0.328 e. The SMILES string of the molecule is COc1cccc(NC(=O)C(=O)Nn2c(C(=O)Nc3ccc(Br)cc3C)cc3cc(Cl)ccc32)c1. The zero-order valence-corrected chi connectivity index (χ0v) is 21.0. The highest BCUT2D eigenvalue weighted by atomic mass is 79.9. The summed E-state index contributed by atoms with van der Waals surface area (Å²) in [5.41, 5.74) is 4.97. The lowest BCUT2D eigenvalue weighted by molar-refractivity contribution is -0.133. The first-order valence-electron chi connectivity index (χ1n) is 10.4. The predicted octanol–water partition coefficient (Wildman–Crippen LogP) is 5.34. The molecule has 3 N–H and O–H groups in total. The van der Waals surface area contributed by atoms with Crippen LogP contribution in [0.1, 0.15) is 16.1 Å². The van der Waals surface area contributed by atoms with Crippen molar-refractivity contribution < 1.29 is 19.1 Å². The van der Waals surface area contributed by atoms with Gasteiger partial charge in [-0.2, -0.15) is 0 Å². The summed E-state index contributed by atoms with van der Waals surface area (Å²) in [6.07, 6.45) is 0. The molecule has 178 valence electrons. The number of carbonyl (C=O) groups excluding carboxylic acids is 3. The lowest BCUT2D eigenvalue weighted by atomic mass is 10.2. The molecule has 1 aromatic heterocycles. The minimum Gasteiger partial charge on any atom is -0.497 e. The lowest BCUT2D eigenvalue weighted by Gasteiger charge is -2.14. The highest BCUT2D eigenvalue weighted by Gasteiger charge is 2.21. The van der Waals surface area contributed by atoms with E-state index in [1.165, 1.54) is 11.8 Å². The van der Waals surface area contributed by atoms with Crippen molar-refractivity contribution in [2.45, 2.75) is 6.92 Å². The number of ether oxygens (including phenoxy) is 1.